The highest BCUT2D eigenvalue weighted by atomic mass is 16.4. The number of aromatic nitrogens is 4. The summed E-state index contributed by atoms with van der Waals surface area (Å²) in [5, 5.41) is 16.3. The van der Waals surface area contributed by atoms with Gasteiger partial charge >= 0.3 is 0 Å². The van der Waals surface area contributed by atoms with Crippen molar-refractivity contribution in [2.24, 2.45) is 0 Å². The zero-order valence-corrected chi connectivity index (χ0v) is 11.6. The molecule has 3 rings (SSSR count). The second-order valence-electron chi connectivity index (χ2n) is 4.57. The van der Waals surface area contributed by atoms with Crippen LogP contribution in [0.5, 0.6) is 0 Å². The van der Waals surface area contributed by atoms with Crippen LogP contribution in [-0.4, -0.2) is 20.4 Å². The molecule has 0 atom stereocenters. The van der Waals surface area contributed by atoms with Gasteiger partial charge in [0.15, 0.2) is 0 Å². The molecule has 0 radical (unpaired) electrons. The van der Waals surface area contributed by atoms with Crippen molar-refractivity contribution in [3.63, 3.8) is 0 Å². The molecule has 1 aromatic carbocycles. The molecular weight excluding hydrogens is 252 g/mol. The van der Waals surface area contributed by atoms with Gasteiger partial charge in [-0.2, -0.15) is 5.10 Å². The highest BCUT2D eigenvalue weighted by molar-refractivity contribution is 5.92. The van der Waals surface area contributed by atoms with Gasteiger partial charge in [0, 0.05) is 10.9 Å². The summed E-state index contributed by atoms with van der Waals surface area (Å²) < 4.78 is 5.25. The minimum atomic E-state index is 0.525. The number of fused-ring (bicyclic) bond motifs is 1. The minimum Gasteiger partial charge on any atom is -0.423 e. The standard InChI is InChI=1S/C15H16N4O/c1-3-5-10(4-2)14-12-8-11(15-19-16-9-20-15)6-7-13(12)17-18-14/h5-9H,3-4H2,1-2H3,(H,17,18)/b10-5+. The Morgan fingerprint density at radius 3 is 2.95 bits per heavy atom. The van der Waals surface area contributed by atoms with Gasteiger partial charge in [0.2, 0.25) is 12.3 Å². The first-order chi connectivity index (χ1) is 9.83. The topological polar surface area (TPSA) is 67.6 Å². The average molecular weight is 268 g/mol. The van der Waals surface area contributed by atoms with E-state index in [1.54, 1.807) is 0 Å². The molecule has 3 aromatic rings. The molecule has 0 amide bonds. The van der Waals surface area contributed by atoms with Crippen molar-refractivity contribution in [1.82, 2.24) is 20.4 Å². The van der Waals surface area contributed by atoms with Crippen LogP contribution in [0.1, 0.15) is 32.4 Å². The molecule has 0 unspecified atom stereocenters. The maximum absolute atomic E-state index is 5.25. The number of allylic oxidation sites excluding steroid dienone is 2. The van der Waals surface area contributed by atoms with Gasteiger partial charge in [-0.15, -0.1) is 10.2 Å². The normalized spacial score (nSPS) is 12.2. The van der Waals surface area contributed by atoms with Gasteiger partial charge < -0.3 is 4.42 Å². The number of H-pyrrole nitrogens is 1. The molecule has 0 saturated carbocycles. The van der Waals surface area contributed by atoms with E-state index in [4.69, 9.17) is 4.42 Å². The number of rotatable bonds is 4. The van der Waals surface area contributed by atoms with Crippen LogP contribution in [-0.2, 0) is 0 Å². The van der Waals surface area contributed by atoms with Crippen molar-refractivity contribution in [3.05, 3.63) is 36.4 Å². The van der Waals surface area contributed by atoms with E-state index in [0.717, 1.165) is 35.0 Å². The van der Waals surface area contributed by atoms with E-state index in [1.807, 2.05) is 18.2 Å². The highest BCUT2D eigenvalue weighted by Gasteiger charge is 2.12. The highest BCUT2D eigenvalue weighted by Crippen LogP contribution is 2.28. The summed E-state index contributed by atoms with van der Waals surface area (Å²) in [4.78, 5) is 0. The van der Waals surface area contributed by atoms with E-state index in [-0.39, 0.29) is 0 Å². The summed E-state index contributed by atoms with van der Waals surface area (Å²) in [6.07, 6.45) is 5.51. The molecule has 0 bridgehead atoms. The summed E-state index contributed by atoms with van der Waals surface area (Å²) in [6.45, 7) is 4.28. The fourth-order valence-corrected chi connectivity index (χ4v) is 2.35. The molecule has 0 aliphatic rings. The van der Waals surface area contributed by atoms with Gasteiger partial charge in [0.05, 0.1) is 11.2 Å². The van der Waals surface area contributed by atoms with Crippen LogP contribution in [0.4, 0.5) is 0 Å². The smallest absolute Gasteiger partial charge is 0.247 e. The molecule has 1 N–H and O–H groups in total. The van der Waals surface area contributed by atoms with Crippen LogP contribution in [0.2, 0.25) is 0 Å². The van der Waals surface area contributed by atoms with Crippen molar-refractivity contribution < 1.29 is 4.42 Å². The Bertz CT molecular complexity index is 740. The van der Waals surface area contributed by atoms with Crippen molar-refractivity contribution in [3.8, 4) is 11.5 Å². The Hall–Kier alpha value is -2.43. The van der Waals surface area contributed by atoms with E-state index < -0.39 is 0 Å². The molecule has 0 saturated heterocycles. The molecule has 2 aromatic heterocycles. The van der Waals surface area contributed by atoms with Crippen LogP contribution < -0.4 is 0 Å². The lowest BCUT2D eigenvalue weighted by molar-refractivity contribution is 0.569. The SMILES string of the molecule is CC/C=C(\CC)c1n[nH]c2ccc(-c3nnco3)cc12. The van der Waals surface area contributed by atoms with Gasteiger partial charge in [-0.05, 0) is 36.6 Å². The Labute approximate surface area is 116 Å². The lowest BCUT2D eigenvalue weighted by Crippen LogP contribution is -1.85. The fourth-order valence-electron chi connectivity index (χ4n) is 2.35. The maximum Gasteiger partial charge on any atom is 0.247 e. The number of nitrogens with one attached hydrogen (secondary N) is 1. The largest absolute Gasteiger partial charge is 0.423 e. The lowest BCUT2D eigenvalue weighted by atomic mass is 10.0. The fraction of sp³-hybridized carbons (Fsp3) is 0.267. The molecular formula is C15H16N4O. The van der Waals surface area contributed by atoms with Crippen molar-refractivity contribution in [1.29, 1.82) is 0 Å². The molecule has 2 heterocycles. The summed E-state index contributed by atoms with van der Waals surface area (Å²) in [5.41, 5.74) is 4.18. The monoisotopic (exact) mass is 268 g/mol. The molecule has 0 aliphatic heterocycles. The zero-order valence-electron chi connectivity index (χ0n) is 11.6. The number of benzene rings is 1. The zero-order chi connectivity index (χ0) is 13.9. The van der Waals surface area contributed by atoms with E-state index in [9.17, 15) is 0 Å². The van der Waals surface area contributed by atoms with Crippen LogP contribution >= 0.6 is 0 Å². The van der Waals surface area contributed by atoms with Crippen LogP contribution in [0.15, 0.2) is 35.1 Å². The van der Waals surface area contributed by atoms with Crippen LogP contribution in [0.3, 0.4) is 0 Å². The van der Waals surface area contributed by atoms with Gasteiger partial charge in [-0.3, -0.25) is 5.10 Å². The van der Waals surface area contributed by atoms with Gasteiger partial charge in [0.1, 0.15) is 0 Å². The maximum atomic E-state index is 5.25. The Balaban J connectivity index is 2.15. The van der Waals surface area contributed by atoms with Crippen LogP contribution in [0.25, 0.3) is 27.9 Å². The lowest BCUT2D eigenvalue weighted by Gasteiger charge is -2.02. The predicted octanol–water partition coefficient (Wildman–Crippen LogP) is 3.82. The quantitative estimate of drug-likeness (QED) is 0.781. The summed E-state index contributed by atoms with van der Waals surface area (Å²) >= 11 is 0. The third-order valence-corrected chi connectivity index (χ3v) is 3.31. The number of aromatic amines is 1. The minimum absolute atomic E-state index is 0.525. The Kier molecular flexibility index (Phi) is 3.33. The molecule has 0 aliphatic carbocycles. The van der Waals surface area contributed by atoms with Gasteiger partial charge in [-0.1, -0.05) is 19.9 Å². The van der Waals surface area contributed by atoms with Crippen molar-refractivity contribution in [2.75, 3.05) is 0 Å². The van der Waals surface area contributed by atoms with E-state index in [0.29, 0.717) is 5.89 Å². The first kappa shape index (κ1) is 12.6. The van der Waals surface area contributed by atoms with Crippen molar-refractivity contribution >= 4 is 16.5 Å². The first-order valence-corrected chi connectivity index (χ1v) is 6.77. The molecule has 0 spiro atoms. The molecule has 20 heavy (non-hydrogen) atoms. The van der Waals surface area contributed by atoms with E-state index in [2.05, 4.69) is 40.3 Å². The Morgan fingerprint density at radius 2 is 2.25 bits per heavy atom. The Morgan fingerprint density at radius 1 is 1.35 bits per heavy atom. The second-order valence-corrected chi connectivity index (χ2v) is 4.57. The summed E-state index contributed by atoms with van der Waals surface area (Å²) in [5.74, 6) is 0.525. The number of hydrogen-bond donors (Lipinski definition) is 1. The third-order valence-electron chi connectivity index (χ3n) is 3.31. The summed E-state index contributed by atoms with van der Waals surface area (Å²) in [7, 11) is 0. The number of nitrogens with zero attached hydrogens (tertiary/aromatic N) is 3. The summed E-state index contributed by atoms with van der Waals surface area (Å²) in [6, 6.07) is 5.98. The number of hydrogen-bond acceptors (Lipinski definition) is 4. The first-order valence-electron chi connectivity index (χ1n) is 6.77. The van der Waals surface area contributed by atoms with E-state index in [1.165, 1.54) is 12.0 Å². The van der Waals surface area contributed by atoms with Crippen molar-refractivity contribution in [2.45, 2.75) is 26.7 Å². The van der Waals surface area contributed by atoms with Gasteiger partial charge in [-0.25, -0.2) is 0 Å². The third kappa shape index (κ3) is 2.11. The molecule has 0 fully saturated rings. The molecule has 5 heteroatoms. The van der Waals surface area contributed by atoms with E-state index >= 15 is 0 Å². The second kappa shape index (κ2) is 5.28. The van der Waals surface area contributed by atoms with Gasteiger partial charge in [0.25, 0.3) is 0 Å². The molecule has 5 nitrogen and oxygen atoms in total. The average Bonchev–Trinajstić information content (AvgIpc) is 3.13. The predicted molar refractivity (Wildman–Crippen MR) is 77.9 cm³/mol. The molecule has 102 valence electrons. The van der Waals surface area contributed by atoms with Crippen LogP contribution in [0, 0.1) is 0 Å².